The van der Waals surface area contributed by atoms with Crippen LogP contribution in [0, 0.1) is 5.82 Å². The molecule has 0 saturated carbocycles. The van der Waals surface area contributed by atoms with Crippen molar-refractivity contribution in [1.82, 2.24) is 0 Å². The van der Waals surface area contributed by atoms with E-state index in [1.54, 1.807) is 23.5 Å². The van der Waals surface area contributed by atoms with Crippen LogP contribution in [0.4, 0.5) is 4.39 Å². The summed E-state index contributed by atoms with van der Waals surface area (Å²) in [6, 6.07) is 26.1. The Morgan fingerprint density at radius 1 is 0.846 bits per heavy atom. The third kappa shape index (κ3) is 3.86. The Hall–Kier alpha value is -1.65. The number of benzene rings is 3. The van der Waals surface area contributed by atoms with Crippen LogP contribution >= 0.6 is 17.1 Å². The first-order chi connectivity index (χ1) is 12.6. The van der Waals surface area contributed by atoms with E-state index in [2.05, 4.69) is 12.1 Å². The Balaban J connectivity index is 1.66. The second kappa shape index (κ2) is 7.53. The van der Waals surface area contributed by atoms with Crippen molar-refractivity contribution in [1.29, 1.82) is 0 Å². The lowest BCUT2D eigenvalue weighted by Gasteiger charge is -2.18. The standard InChI is InChI=1S/C20H16FO2PS2/c21-17-11-13-18(14-12-17)22-24(25)23-19(15-7-3-1-4-8-15)20(26-24)16-9-5-2-6-10-16/h1-14,19-20H/t19-,20+,24?/m1/s1. The van der Waals surface area contributed by atoms with Gasteiger partial charge in [-0.05, 0) is 58.6 Å². The zero-order valence-electron chi connectivity index (χ0n) is 13.7. The largest absolute Gasteiger partial charge is 0.436 e. The van der Waals surface area contributed by atoms with Crippen molar-refractivity contribution in [3.63, 3.8) is 0 Å². The monoisotopic (exact) mass is 402 g/mol. The first-order valence-corrected chi connectivity index (χ1v) is 12.3. The molecule has 0 radical (unpaired) electrons. The maximum Gasteiger partial charge on any atom is 0.298 e. The van der Waals surface area contributed by atoms with Gasteiger partial charge in [-0.3, -0.25) is 0 Å². The molecule has 0 aromatic heterocycles. The van der Waals surface area contributed by atoms with Crippen LogP contribution < -0.4 is 4.52 Å². The average Bonchev–Trinajstić information content (AvgIpc) is 3.03. The molecule has 1 aliphatic rings. The Kier molecular flexibility index (Phi) is 5.14. The van der Waals surface area contributed by atoms with Crippen LogP contribution in [0.3, 0.4) is 0 Å². The zero-order valence-corrected chi connectivity index (χ0v) is 16.2. The summed E-state index contributed by atoms with van der Waals surface area (Å²) in [5.41, 5.74) is -0.397. The van der Waals surface area contributed by atoms with E-state index in [0.717, 1.165) is 11.1 Å². The lowest BCUT2D eigenvalue weighted by Crippen LogP contribution is -2.04. The van der Waals surface area contributed by atoms with Crippen molar-refractivity contribution >= 4 is 28.9 Å². The van der Waals surface area contributed by atoms with Gasteiger partial charge in [0.2, 0.25) is 0 Å². The highest BCUT2D eigenvalue weighted by Gasteiger charge is 2.44. The number of halogens is 1. The molecule has 1 fully saturated rings. The van der Waals surface area contributed by atoms with Gasteiger partial charge in [-0.15, -0.1) is 0 Å². The SMILES string of the molecule is Fc1ccc(OP2(=S)O[C@H](c3ccccc3)[C@H](c3ccccc3)S2)cc1. The quantitative estimate of drug-likeness (QED) is 0.453. The molecule has 0 amide bonds. The molecule has 3 aromatic rings. The molecule has 1 saturated heterocycles. The summed E-state index contributed by atoms with van der Waals surface area (Å²) < 4.78 is 25.5. The molecule has 0 N–H and O–H groups in total. The molecule has 0 spiro atoms. The third-order valence-corrected chi connectivity index (χ3v) is 9.17. The molecule has 1 unspecified atom stereocenters. The van der Waals surface area contributed by atoms with Gasteiger partial charge >= 0.3 is 0 Å². The van der Waals surface area contributed by atoms with Gasteiger partial charge in [0.15, 0.2) is 0 Å². The van der Waals surface area contributed by atoms with E-state index in [1.807, 2.05) is 48.5 Å². The van der Waals surface area contributed by atoms with Crippen LogP contribution in [-0.2, 0) is 16.3 Å². The van der Waals surface area contributed by atoms with Gasteiger partial charge in [0.05, 0.1) is 5.25 Å². The molecule has 3 aromatic carbocycles. The van der Waals surface area contributed by atoms with Crippen LogP contribution in [0.15, 0.2) is 84.9 Å². The highest BCUT2D eigenvalue weighted by atomic mass is 32.9. The minimum absolute atomic E-state index is 0.0462. The summed E-state index contributed by atoms with van der Waals surface area (Å²) in [6.45, 7) is 0. The Morgan fingerprint density at radius 3 is 2.04 bits per heavy atom. The van der Waals surface area contributed by atoms with Gasteiger partial charge in [0.25, 0.3) is 5.69 Å². The molecular formula is C20H16FO2PS2. The summed E-state index contributed by atoms with van der Waals surface area (Å²) >= 11 is 7.33. The maximum atomic E-state index is 13.2. The molecule has 132 valence electrons. The van der Waals surface area contributed by atoms with Crippen LogP contribution in [0.1, 0.15) is 22.5 Å². The first-order valence-electron chi connectivity index (χ1n) is 8.15. The second-order valence-corrected chi connectivity index (χ2v) is 12.1. The van der Waals surface area contributed by atoms with E-state index in [1.165, 1.54) is 12.1 Å². The minimum atomic E-state index is -2.62. The first kappa shape index (κ1) is 17.7. The Morgan fingerprint density at radius 2 is 1.42 bits per heavy atom. The normalized spacial score (nSPS) is 25.1. The molecule has 2 nitrogen and oxygen atoms in total. The van der Waals surface area contributed by atoms with E-state index in [4.69, 9.17) is 20.9 Å². The molecule has 1 heterocycles. The van der Waals surface area contributed by atoms with Crippen LogP contribution in [-0.4, -0.2) is 0 Å². The van der Waals surface area contributed by atoms with Gasteiger partial charge in [-0.25, -0.2) is 4.39 Å². The fraction of sp³-hybridized carbons (Fsp3) is 0.100. The van der Waals surface area contributed by atoms with Crippen molar-refractivity contribution in [2.75, 3.05) is 0 Å². The second-order valence-electron chi connectivity index (χ2n) is 5.87. The molecule has 1 aliphatic heterocycles. The summed E-state index contributed by atoms with van der Waals surface area (Å²) in [5, 5.41) is 0.0462. The highest BCUT2D eigenvalue weighted by Crippen LogP contribution is 2.76. The number of hydrogen-bond acceptors (Lipinski definition) is 4. The number of rotatable bonds is 4. The van der Waals surface area contributed by atoms with Gasteiger partial charge in [0.1, 0.15) is 17.7 Å². The zero-order chi connectivity index (χ0) is 18.0. The molecule has 26 heavy (non-hydrogen) atoms. The van der Waals surface area contributed by atoms with Crippen LogP contribution in [0.2, 0.25) is 0 Å². The van der Waals surface area contributed by atoms with E-state index in [-0.39, 0.29) is 17.2 Å². The Bertz CT molecular complexity index is 868. The van der Waals surface area contributed by atoms with Crippen LogP contribution in [0.5, 0.6) is 5.75 Å². The molecule has 4 rings (SSSR count). The van der Waals surface area contributed by atoms with Gasteiger partial charge in [-0.1, -0.05) is 60.7 Å². The predicted octanol–water partition coefficient (Wildman–Crippen LogP) is 6.68. The van der Waals surface area contributed by atoms with Crippen LogP contribution in [0.25, 0.3) is 0 Å². The molecule has 0 bridgehead atoms. The average molecular weight is 402 g/mol. The van der Waals surface area contributed by atoms with Gasteiger partial charge in [0, 0.05) is 0 Å². The molecule has 6 heteroatoms. The van der Waals surface area contributed by atoms with E-state index in [0.29, 0.717) is 5.75 Å². The Labute approximate surface area is 161 Å². The predicted molar refractivity (Wildman–Crippen MR) is 108 cm³/mol. The summed E-state index contributed by atoms with van der Waals surface area (Å²) in [7, 11) is 0. The van der Waals surface area contributed by atoms with E-state index < -0.39 is 5.69 Å². The fourth-order valence-corrected chi connectivity index (χ4v) is 8.55. The van der Waals surface area contributed by atoms with Crippen molar-refractivity contribution in [3.8, 4) is 5.75 Å². The summed E-state index contributed by atoms with van der Waals surface area (Å²) in [6.07, 6.45) is -0.185. The lowest BCUT2D eigenvalue weighted by molar-refractivity contribution is 0.223. The fourth-order valence-electron chi connectivity index (χ4n) is 2.84. The maximum absolute atomic E-state index is 13.2. The minimum Gasteiger partial charge on any atom is -0.436 e. The molecular weight excluding hydrogens is 386 g/mol. The highest BCUT2D eigenvalue weighted by molar-refractivity contribution is 8.68. The lowest BCUT2D eigenvalue weighted by atomic mass is 10.0. The third-order valence-electron chi connectivity index (χ3n) is 4.05. The van der Waals surface area contributed by atoms with E-state index in [9.17, 15) is 4.39 Å². The van der Waals surface area contributed by atoms with Gasteiger partial charge < -0.3 is 9.05 Å². The van der Waals surface area contributed by atoms with Crippen molar-refractivity contribution in [2.24, 2.45) is 0 Å². The smallest absolute Gasteiger partial charge is 0.298 e. The molecule has 0 aliphatic carbocycles. The van der Waals surface area contributed by atoms with E-state index >= 15 is 0 Å². The van der Waals surface area contributed by atoms with Gasteiger partial charge in [-0.2, -0.15) is 0 Å². The number of hydrogen-bond donors (Lipinski definition) is 0. The van der Waals surface area contributed by atoms with Crippen molar-refractivity contribution < 1.29 is 13.4 Å². The topological polar surface area (TPSA) is 18.5 Å². The van der Waals surface area contributed by atoms with Crippen molar-refractivity contribution in [3.05, 3.63) is 102 Å². The summed E-state index contributed by atoms with van der Waals surface area (Å²) in [5.74, 6) is 0.223. The van der Waals surface area contributed by atoms with Crippen molar-refractivity contribution in [2.45, 2.75) is 11.4 Å². The summed E-state index contributed by atoms with van der Waals surface area (Å²) in [4.78, 5) is 0. The molecule has 3 atom stereocenters.